The van der Waals surface area contributed by atoms with Crippen molar-refractivity contribution in [1.82, 2.24) is 0 Å². The molecule has 0 aromatic carbocycles. The van der Waals surface area contributed by atoms with Crippen LogP contribution in [-0.2, 0) is 9.47 Å². The van der Waals surface area contributed by atoms with Gasteiger partial charge in [0.15, 0.2) is 6.29 Å². The van der Waals surface area contributed by atoms with E-state index in [1.54, 1.807) is 0 Å². The smallest absolute Gasteiger partial charge is 0.157 e. The average molecular weight is 200 g/mol. The lowest BCUT2D eigenvalue weighted by Crippen LogP contribution is -2.39. The summed E-state index contributed by atoms with van der Waals surface area (Å²) < 4.78 is 11.6. The van der Waals surface area contributed by atoms with Crippen LogP contribution in [0.2, 0.25) is 0 Å². The molecule has 0 aromatic rings. The van der Waals surface area contributed by atoms with Gasteiger partial charge in [0, 0.05) is 5.92 Å². The van der Waals surface area contributed by atoms with E-state index in [0.717, 1.165) is 19.4 Å². The van der Waals surface area contributed by atoms with Crippen LogP contribution in [0.4, 0.5) is 0 Å². The van der Waals surface area contributed by atoms with E-state index in [-0.39, 0.29) is 6.29 Å². The molecule has 0 N–H and O–H groups in total. The molecule has 0 radical (unpaired) electrons. The second-order valence-corrected chi connectivity index (χ2v) is 4.18. The zero-order chi connectivity index (χ0) is 10.4. The van der Waals surface area contributed by atoms with Crippen LogP contribution < -0.4 is 0 Å². The standard InChI is InChI=1S/C12H24O2/c1-4-7-11-10(6-3)9-13-12(14-11)8-5-2/h10-12H,4-9H2,1-3H3/t10-,11-,12-/m0/s1. The van der Waals surface area contributed by atoms with E-state index in [2.05, 4.69) is 20.8 Å². The molecule has 0 amide bonds. The van der Waals surface area contributed by atoms with Gasteiger partial charge >= 0.3 is 0 Å². The minimum Gasteiger partial charge on any atom is -0.352 e. The molecule has 0 spiro atoms. The minimum absolute atomic E-state index is 0.0688. The predicted octanol–water partition coefficient (Wildman–Crippen LogP) is 3.35. The summed E-state index contributed by atoms with van der Waals surface area (Å²) in [6, 6.07) is 0. The molecule has 0 bridgehead atoms. The summed E-state index contributed by atoms with van der Waals surface area (Å²) in [6.07, 6.45) is 6.25. The molecule has 1 rings (SSSR count). The molecule has 2 heteroatoms. The largest absolute Gasteiger partial charge is 0.352 e. The van der Waals surface area contributed by atoms with E-state index < -0.39 is 0 Å². The van der Waals surface area contributed by atoms with Crippen molar-refractivity contribution in [1.29, 1.82) is 0 Å². The first-order chi connectivity index (χ1) is 6.81. The van der Waals surface area contributed by atoms with E-state index in [0.29, 0.717) is 12.0 Å². The Hall–Kier alpha value is -0.0800. The molecular formula is C12H24O2. The van der Waals surface area contributed by atoms with Gasteiger partial charge in [-0.3, -0.25) is 0 Å². The second kappa shape index (κ2) is 6.41. The third-order valence-electron chi connectivity index (χ3n) is 2.97. The summed E-state index contributed by atoms with van der Waals surface area (Å²) in [7, 11) is 0. The molecule has 1 aliphatic rings. The van der Waals surface area contributed by atoms with Crippen LogP contribution in [-0.4, -0.2) is 19.0 Å². The van der Waals surface area contributed by atoms with Gasteiger partial charge in [-0.25, -0.2) is 0 Å². The Kier molecular flexibility index (Phi) is 5.49. The molecule has 0 unspecified atom stereocenters. The predicted molar refractivity (Wildman–Crippen MR) is 58.2 cm³/mol. The van der Waals surface area contributed by atoms with Crippen molar-refractivity contribution in [2.24, 2.45) is 5.92 Å². The lowest BCUT2D eigenvalue weighted by Gasteiger charge is -2.36. The van der Waals surface area contributed by atoms with Crippen molar-refractivity contribution >= 4 is 0 Å². The normalized spacial score (nSPS) is 33.2. The molecule has 2 nitrogen and oxygen atoms in total. The zero-order valence-electron chi connectivity index (χ0n) is 9.79. The topological polar surface area (TPSA) is 18.5 Å². The van der Waals surface area contributed by atoms with E-state index >= 15 is 0 Å². The summed E-state index contributed by atoms with van der Waals surface area (Å²) in [5, 5.41) is 0. The van der Waals surface area contributed by atoms with E-state index in [9.17, 15) is 0 Å². The molecule has 1 fully saturated rings. The second-order valence-electron chi connectivity index (χ2n) is 4.18. The highest BCUT2D eigenvalue weighted by atomic mass is 16.7. The van der Waals surface area contributed by atoms with Crippen LogP contribution in [0.3, 0.4) is 0 Å². The molecule has 1 aliphatic heterocycles. The fourth-order valence-corrected chi connectivity index (χ4v) is 2.04. The highest BCUT2D eigenvalue weighted by Crippen LogP contribution is 2.26. The fourth-order valence-electron chi connectivity index (χ4n) is 2.04. The van der Waals surface area contributed by atoms with Crippen LogP contribution in [0.15, 0.2) is 0 Å². The number of hydrogen-bond acceptors (Lipinski definition) is 2. The van der Waals surface area contributed by atoms with Gasteiger partial charge < -0.3 is 9.47 Å². The van der Waals surface area contributed by atoms with Gasteiger partial charge in [-0.1, -0.05) is 33.6 Å². The molecule has 1 saturated heterocycles. The average Bonchev–Trinajstić information content (AvgIpc) is 2.19. The first-order valence-corrected chi connectivity index (χ1v) is 6.08. The fraction of sp³-hybridized carbons (Fsp3) is 1.00. The molecule has 0 aliphatic carbocycles. The van der Waals surface area contributed by atoms with E-state index in [1.807, 2.05) is 0 Å². The Morgan fingerprint density at radius 1 is 1.07 bits per heavy atom. The van der Waals surface area contributed by atoms with Gasteiger partial charge in [0.2, 0.25) is 0 Å². The quantitative estimate of drug-likeness (QED) is 0.677. The third-order valence-corrected chi connectivity index (χ3v) is 2.97. The highest BCUT2D eigenvalue weighted by molar-refractivity contribution is 4.73. The Balaban J connectivity index is 2.39. The van der Waals surface area contributed by atoms with Crippen molar-refractivity contribution in [3.8, 4) is 0 Å². The van der Waals surface area contributed by atoms with Gasteiger partial charge in [-0.15, -0.1) is 0 Å². The first-order valence-electron chi connectivity index (χ1n) is 6.08. The van der Waals surface area contributed by atoms with Gasteiger partial charge in [0.05, 0.1) is 12.7 Å². The van der Waals surface area contributed by atoms with Crippen LogP contribution >= 0.6 is 0 Å². The SMILES string of the molecule is CCC[C@H]1OC[C@H](CC)[C@H](CCC)O1. The molecule has 14 heavy (non-hydrogen) atoms. The Bertz CT molecular complexity index is 147. The number of ether oxygens (including phenoxy) is 2. The molecule has 0 aromatic heterocycles. The lowest BCUT2D eigenvalue weighted by atomic mass is 9.95. The zero-order valence-corrected chi connectivity index (χ0v) is 9.79. The molecule has 84 valence electrons. The van der Waals surface area contributed by atoms with Gasteiger partial charge in [-0.2, -0.15) is 0 Å². The Labute approximate surface area is 88.0 Å². The van der Waals surface area contributed by atoms with Crippen LogP contribution in [0.1, 0.15) is 52.9 Å². The molecule has 1 heterocycles. The summed E-state index contributed by atoms with van der Waals surface area (Å²) in [6.45, 7) is 7.51. The molecule has 3 atom stereocenters. The van der Waals surface area contributed by atoms with Crippen molar-refractivity contribution in [2.45, 2.75) is 65.3 Å². The minimum atomic E-state index is 0.0688. The Morgan fingerprint density at radius 2 is 1.79 bits per heavy atom. The van der Waals surface area contributed by atoms with Gasteiger partial charge in [0.25, 0.3) is 0 Å². The summed E-state index contributed by atoms with van der Waals surface area (Å²) in [5.41, 5.74) is 0. The molecular weight excluding hydrogens is 176 g/mol. The van der Waals surface area contributed by atoms with Crippen molar-refractivity contribution < 1.29 is 9.47 Å². The maximum Gasteiger partial charge on any atom is 0.157 e. The maximum atomic E-state index is 5.95. The number of rotatable bonds is 5. The van der Waals surface area contributed by atoms with E-state index in [4.69, 9.17) is 9.47 Å². The van der Waals surface area contributed by atoms with Crippen LogP contribution in [0.5, 0.6) is 0 Å². The summed E-state index contributed by atoms with van der Waals surface area (Å²) >= 11 is 0. The Morgan fingerprint density at radius 3 is 2.36 bits per heavy atom. The molecule has 0 saturated carbocycles. The lowest BCUT2D eigenvalue weighted by molar-refractivity contribution is -0.240. The van der Waals surface area contributed by atoms with Crippen molar-refractivity contribution in [3.05, 3.63) is 0 Å². The van der Waals surface area contributed by atoms with Gasteiger partial charge in [0.1, 0.15) is 0 Å². The monoisotopic (exact) mass is 200 g/mol. The van der Waals surface area contributed by atoms with Crippen molar-refractivity contribution in [2.75, 3.05) is 6.61 Å². The maximum absolute atomic E-state index is 5.95. The number of hydrogen-bond donors (Lipinski definition) is 0. The summed E-state index contributed by atoms with van der Waals surface area (Å²) in [5.74, 6) is 0.614. The third kappa shape index (κ3) is 3.25. The highest BCUT2D eigenvalue weighted by Gasteiger charge is 2.29. The van der Waals surface area contributed by atoms with Gasteiger partial charge in [-0.05, 0) is 19.3 Å². The first kappa shape index (κ1) is 12.0. The van der Waals surface area contributed by atoms with Crippen LogP contribution in [0, 0.1) is 5.92 Å². The van der Waals surface area contributed by atoms with E-state index in [1.165, 1.54) is 19.3 Å². The van der Waals surface area contributed by atoms with Crippen LogP contribution in [0.25, 0.3) is 0 Å². The van der Waals surface area contributed by atoms with Crippen molar-refractivity contribution in [3.63, 3.8) is 0 Å². The summed E-state index contributed by atoms with van der Waals surface area (Å²) in [4.78, 5) is 0.